The van der Waals surface area contributed by atoms with E-state index in [4.69, 9.17) is 0 Å². The smallest absolute Gasteiger partial charge is 0.338 e. The number of hydrogen-bond acceptors (Lipinski definition) is 5. The number of hydrogen-bond donors (Lipinski definition) is 0. The Hall–Kier alpha value is -1.89. The second kappa shape index (κ2) is 5.14. The highest BCUT2D eigenvalue weighted by Gasteiger charge is 2.32. The van der Waals surface area contributed by atoms with E-state index in [2.05, 4.69) is 9.72 Å². The Bertz CT molecular complexity index is 794. The van der Waals surface area contributed by atoms with Crippen LogP contribution in [0.15, 0.2) is 24.5 Å². The Morgan fingerprint density at radius 1 is 1.43 bits per heavy atom. The molecule has 1 atom stereocenters. The number of fused-ring (bicyclic) bond motifs is 1. The number of carbonyl (C=O) groups is 1. The molecule has 6 nitrogen and oxygen atoms in total. The number of pyridine rings is 1. The van der Waals surface area contributed by atoms with E-state index >= 15 is 0 Å². The summed E-state index contributed by atoms with van der Waals surface area (Å²) in [5.74, 6) is -0.216. The summed E-state index contributed by atoms with van der Waals surface area (Å²) in [5.41, 5.74) is 1.50. The number of esters is 1. The highest BCUT2D eigenvalue weighted by atomic mass is 32.2. The molecule has 7 heteroatoms. The number of sulfone groups is 1. The van der Waals surface area contributed by atoms with Crippen molar-refractivity contribution in [3.05, 3.63) is 35.8 Å². The molecule has 0 bridgehead atoms. The van der Waals surface area contributed by atoms with Gasteiger partial charge < -0.3 is 9.14 Å². The molecule has 0 spiro atoms. The number of ether oxygens (including phenoxy) is 1. The van der Waals surface area contributed by atoms with Gasteiger partial charge in [0.15, 0.2) is 9.84 Å². The van der Waals surface area contributed by atoms with Gasteiger partial charge in [-0.1, -0.05) is 6.42 Å². The summed E-state index contributed by atoms with van der Waals surface area (Å²) in [6, 6.07) is 3.23. The van der Waals surface area contributed by atoms with Crippen molar-refractivity contribution in [1.82, 2.24) is 9.38 Å². The maximum atomic E-state index is 12.2. The summed E-state index contributed by atoms with van der Waals surface area (Å²) in [5, 5.41) is -0.535. The van der Waals surface area contributed by atoms with E-state index in [0.29, 0.717) is 23.3 Å². The average molecular weight is 308 g/mol. The van der Waals surface area contributed by atoms with E-state index in [1.54, 1.807) is 28.9 Å². The second-order valence-corrected chi connectivity index (χ2v) is 7.49. The van der Waals surface area contributed by atoms with Crippen molar-refractivity contribution in [1.29, 1.82) is 0 Å². The minimum absolute atomic E-state index is 0.221. The molecule has 1 fully saturated rings. The first kappa shape index (κ1) is 14.1. The summed E-state index contributed by atoms with van der Waals surface area (Å²) < 4.78 is 30.7. The number of carbonyl (C=O) groups excluding carboxylic acids is 1. The van der Waals surface area contributed by atoms with Gasteiger partial charge in [0.1, 0.15) is 10.9 Å². The van der Waals surface area contributed by atoms with Crippen LogP contribution in [0, 0.1) is 0 Å². The quantitative estimate of drug-likeness (QED) is 0.790. The van der Waals surface area contributed by atoms with Gasteiger partial charge in [-0.25, -0.2) is 18.2 Å². The summed E-state index contributed by atoms with van der Waals surface area (Å²) >= 11 is 0. The zero-order valence-corrected chi connectivity index (χ0v) is 12.5. The summed E-state index contributed by atoms with van der Waals surface area (Å²) in [6.45, 7) is 0. The largest absolute Gasteiger partial charge is 0.465 e. The lowest BCUT2D eigenvalue weighted by Gasteiger charge is -2.20. The Labute approximate surface area is 122 Å². The number of methoxy groups -OCH3 is 1. The molecule has 3 heterocycles. The number of imidazole rings is 1. The standard InChI is InChI=1S/C14H16N2O4S/c1-20-14(17)10-5-6-16-9-11(15-13(16)8-10)12-4-2-3-7-21(12,18)19/h5-6,8-9,12H,2-4,7H2,1H3. The van der Waals surface area contributed by atoms with E-state index in [1.165, 1.54) is 7.11 Å². The van der Waals surface area contributed by atoms with Gasteiger partial charge in [0, 0.05) is 12.4 Å². The fraction of sp³-hybridized carbons (Fsp3) is 0.429. The van der Waals surface area contributed by atoms with Gasteiger partial charge in [0.2, 0.25) is 0 Å². The monoisotopic (exact) mass is 308 g/mol. The maximum Gasteiger partial charge on any atom is 0.338 e. The summed E-state index contributed by atoms with van der Waals surface area (Å²) in [7, 11) is -1.81. The van der Waals surface area contributed by atoms with E-state index in [-0.39, 0.29) is 5.75 Å². The minimum Gasteiger partial charge on any atom is -0.465 e. The van der Waals surface area contributed by atoms with Crippen LogP contribution in [0.3, 0.4) is 0 Å². The predicted octanol–water partition coefficient (Wildman–Crippen LogP) is 1.76. The van der Waals surface area contributed by atoms with Crippen LogP contribution in [-0.2, 0) is 14.6 Å². The molecule has 1 aliphatic heterocycles. The van der Waals surface area contributed by atoms with Crippen LogP contribution in [-0.4, -0.2) is 36.6 Å². The Balaban J connectivity index is 2.03. The summed E-state index contributed by atoms with van der Waals surface area (Å²) in [6.07, 6.45) is 5.64. The Morgan fingerprint density at radius 2 is 2.24 bits per heavy atom. The van der Waals surface area contributed by atoms with Crippen LogP contribution in [0.5, 0.6) is 0 Å². The molecule has 0 aromatic carbocycles. The maximum absolute atomic E-state index is 12.2. The van der Waals surface area contributed by atoms with E-state index in [0.717, 1.165) is 12.8 Å². The van der Waals surface area contributed by atoms with Crippen LogP contribution in [0.4, 0.5) is 0 Å². The molecular formula is C14H16N2O4S. The molecule has 1 saturated heterocycles. The third-order valence-electron chi connectivity index (χ3n) is 3.81. The first-order valence-electron chi connectivity index (χ1n) is 6.80. The van der Waals surface area contributed by atoms with Crippen molar-refractivity contribution < 1.29 is 17.9 Å². The van der Waals surface area contributed by atoms with Crippen molar-refractivity contribution in [2.24, 2.45) is 0 Å². The lowest BCUT2D eigenvalue weighted by molar-refractivity contribution is 0.0600. The Morgan fingerprint density at radius 3 is 2.95 bits per heavy atom. The topological polar surface area (TPSA) is 77.7 Å². The second-order valence-electron chi connectivity index (χ2n) is 5.19. The van der Waals surface area contributed by atoms with Gasteiger partial charge in [-0.3, -0.25) is 0 Å². The van der Waals surface area contributed by atoms with Crippen LogP contribution in [0.25, 0.3) is 5.65 Å². The molecule has 1 unspecified atom stereocenters. The van der Waals surface area contributed by atoms with Gasteiger partial charge in [-0.2, -0.15) is 0 Å². The van der Waals surface area contributed by atoms with Crippen molar-refractivity contribution in [2.45, 2.75) is 24.5 Å². The first-order valence-corrected chi connectivity index (χ1v) is 8.51. The third-order valence-corrected chi connectivity index (χ3v) is 6.01. The fourth-order valence-electron chi connectivity index (χ4n) is 2.69. The van der Waals surface area contributed by atoms with Gasteiger partial charge >= 0.3 is 5.97 Å². The summed E-state index contributed by atoms with van der Waals surface area (Å²) in [4.78, 5) is 15.9. The highest BCUT2D eigenvalue weighted by molar-refractivity contribution is 7.91. The van der Waals surface area contributed by atoms with Crippen molar-refractivity contribution >= 4 is 21.5 Å². The van der Waals surface area contributed by atoms with Gasteiger partial charge in [-0.05, 0) is 25.0 Å². The van der Waals surface area contributed by atoms with Crippen molar-refractivity contribution in [3.8, 4) is 0 Å². The molecule has 0 amide bonds. The molecule has 0 N–H and O–H groups in total. The molecule has 0 saturated carbocycles. The predicted molar refractivity (Wildman–Crippen MR) is 76.9 cm³/mol. The number of nitrogens with zero attached hydrogens (tertiary/aromatic N) is 2. The van der Waals surface area contributed by atoms with E-state index < -0.39 is 21.1 Å². The fourth-order valence-corrected chi connectivity index (χ4v) is 4.59. The highest BCUT2D eigenvalue weighted by Crippen LogP contribution is 2.32. The van der Waals surface area contributed by atoms with Crippen LogP contribution in [0.1, 0.15) is 40.6 Å². The lowest BCUT2D eigenvalue weighted by atomic mass is 10.1. The molecule has 112 valence electrons. The molecule has 2 aromatic rings. The van der Waals surface area contributed by atoms with Crippen LogP contribution >= 0.6 is 0 Å². The molecule has 1 aliphatic rings. The molecule has 3 rings (SSSR count). The first-order chi connectivity index (χ1) is 10.0. The molecule has 0 aliphatic carbocycles. The third kappa shape index (κ3) is 2.53. The van der Waals surface area contributed by atoms with E-state index in [9.17, 15) is 13.2 Å². The molecule has 0 radical (unpaired) electrons. The van der Waals surface area contributed by atoms with E-state index in [1.807, 2.05) is 0 Å². The zero-order chi connectivity index (χ0) is 15.0. The molecular weight excluding hydrogens is 292 g/mol. The lowest BCUT2D eigenvalue weighted by Crippen LogP contribution is -2.21. The minimum atomic E-state index is -3.12. The van der Waals surface area contributed by atoms with Gasteiger partial charge in [0.25, 0.3) is 0 Å². The Kier molecular flexibility index (Phi) is 3.44. The van der Waals surface area contributed by atoms with Crippen molar-refractivity contribution in [3.63, 3.8) is 0 Å². The SMILES string of the molecule is COC(=O)c1ccn2cc(C3CCCCS3(=O)=O)nc2c1. The normalized spacial score (nSPS) is 21.3. The van der Waals surface area contributed by atoms with Gasteiger partial charge in [0.05, 0.1) is 24.1 Å². The average Bonchev–Trinajstić information content (AvgIpc) is 2.88. The van der Waals surface area contributed by atoms with Gasteiger partial charge in [-0.15, -0.1) is 0 Å². The number of rotatable bonds is 2. The molecule has 2 aromatic heterocycles. The van der Waals surface area contributed by atoms with Crippen molar-refractivity contribution in [2.75, 3.05) is 12.9 Å². The molecule has 21 heavy (non-hydrogen) atoms. The number of aromatic nitrogens is 2. The van der Waals surface area contributed by atoms with Crippen LogP contribution in [0.2, 0.25) is 0 Å². The zero-order valence-electron chi connectivity index (χ0n) is 11.7. The van der Waals surface area contributed by atoms with Crippen LogP contribution < -0.4 is 0 Å².